The number of amides is 1. The minimum absolute atomic E-state index is 0.242. The Morgan fingerprint density at radius 2 is 1.93 bits per heavy atom. The Balaban J connectivity index is 1.65. The van der Waals surface area contributed by atoms with Gasteiger partial charge in [-0.3, -0.25) is 9.20 Å². The van der Waals surface area contributed by atoms with Crippen LogP contribution in [-0.2, 0) is 6.18 Å². The number of fused-ring (bicyclic) bond motifs is 3. The van der Waals surface area contributed by atoms with Gasteiger partial charge in [-0.25, -0.2) is 9.97 Å². The molecule has 0 radical (unpaired) electrons. The lowest BCUT2D eigenvalue weighted by atomic mass is 10.1. The van der Waals surface area contributed by atoms with Crippen LogP contribution in [0.25, 0.3) is 16.6 Å². The van der Waals surface area contributed by atoms with Gasteiger partial charge in [-0.2, -0.15) is 18.3 Å². The van der Waals surface area contributed by atoms with Gasteiger partial charge < -0.3 is 10.6 Å². The first-order valence-electron chi connectivity index (χ1n) is 8.86. The van der Waals surface area contributed by atoms with E-state index in [4.69, 9.17) is 5.73 Å². The Kier molecular flexibility index (Phi) is 4.52. The van der Waals surface area contributed by atoms with Crippen LogP contribution < -0.4 is 5.73 Å². The predicted octanol–water partition coefficient (Wildman–Crippen LogP) is 3.11. The van der Waals surface area contributed by atoms with E-state index >= 15 is 0 Å². The van der Waals surface area contributed by atoms with Crippen LogP contribution in [-0.4, -0.2) is 42.4 Å². The first kappa shape index (κ1) is 19.6. The number of carbonyl (C=O) groups excluding carboxylic acids is 1. The third-order valence-electron chi connectivity index (χ3n) is 4.93. The highest BCUT2D eigenvalue weighted by atomic mass is 19.4. The molecule has 11 heteroatoms. The maximum Gasteiger partial charge on any atom is 0.435 e. The Labute approximate surface area is 168 Å². The van der Waals surface area contributed by atoms with E-state index < -0.39 is 17.9 Å². The topological polar surface area (TPSA) is 102 Å². The number of imidazole rings is 1. The molecule has 0 saturated carbocycles. The highest BCUT2D eigenvalue weighted by molar-refractivity contribution is 5.98. The standard InChI is InChI=1S/C19H16F3N7O/c1-10(12-5-6-16(27-26-12)19(20,21)22)28(2)18(30)11-3-4-13-14(7-11)29-9-24-8-15(29)17(23)25-13/h3-10H,1-2H3,(H2,23,25)/t10-/m1/s1. The first-order chi connectivity index (χ1) is 14.2. The van der Waals surface area contributed by atoms with Crippen LogP contribution >= 0.6 is 0 Å². The zero-order valence-corrected chi connectivity index (χ0v) is 15.9. The molecule has 3 aromatic heterocycles. The van der Waals surface area contributed by atoms with Gasteiger partial charge in [0.1, 0.15) is 11.3 Å². The maximum absolute atomic E-state index is 13.0. The van der Waals surface area contributed by atoms with Crippen LogP contribution in [0.4, 0.5) is 19.0 Å². The van der Waals surface area contributed by atoms with Crippen molar-refractivity contribution in [1.29, 1.82) is 0 Å². The molecule has 2 N–H and O–H groups in total. The van der Waals surface area contributed by atoms with Gasteiger partial charge in [0.25, 0.3) is 5.91 Å². The molecule has 4 aromatic rings. The van der Waals surface area contributed by atoms with Crippen molar-refractivity contribution in [2.75, 3.05) is 12.8 Å². The lowest BCUT2D eigenvalue weighted by molar-refractivity contribution is -0.141. The smallest absolute Gasteiger partial charge is 0.382 e. The fraction of sp³-hybridized carbons (Fsp3) is 0.211. The number of nitrogens with two attached hydrogens (primary N) is 1. The summed E-state index contributed by atoms with van der Waals surface area (Å²) in [4.78, 5) is 22.8. The van der Waals surface area contributed by atoms with Gasteiger partial charge in [0.05, 0.1) is 35.3 Å². The molecule has 1 amide bonds. The van der Waals surface area contributed by atoms with Crippen molar-refractivity contribution in [3.05, 3.63) is 59.8 Å². The zero-order valence-electron chi connectivity index (χ0n) is 15.9. The number of anilines is 1. The Bertz CT molecular complexity index is 1250. The summed E-state index contributed by atoms with van der Waals surface area (Å²) in [7, 11) is 1.55. The molecule has 4 rings (SSSR count). The van der Waals surface area contributed by atoms with E-state index in [1.165, 1.54) is 11.0 Å². The van der Waals surface area contributed by atoms with Gasteiger partial charge in [-0.1, -0.05) is 0 Å². The van der Waals surface area contributed by atoms with E-state index in [9.17, 15) is 18.0 Å². The predicted molar refractivity (Wildman–Crippen MR) is 102 cm³/mol. The van der Waals surface area contributed by atoms with Crippen LogP contribution in [0.5, 0.6) is 0 Å². The van der Waals surface area contributed by atoms with Crippen molar-refractivity contribution in [2.45, 2.75) is 19.1 Å². The number of hydrogen-bond donors (Lipinski definition) is 1. The van der Waals surface area contributed by atoms with Gasteiger partial charge in [0.2, 0.25) is 0 Å². The maximum atomic E-state index is 13.0. The van der Waals surface area contributed by atoms with Crippen molar-refractivity contribution in [3.8, 4) is 0 Å². The van der Waals surface area contributed by atoms with Crippen molar-refractivity contribution >= 4 is 28.3 Å². The average Bonchev–Trinajstić information content (AvgIpc) is 3.22. The summed E-state index contributed by atoms with van der Waals surface area (Å²) in [5.41, 5.74) is 7.32. The molecule has 30 heavy (non-hydrogen) atoms. The molecule has 0 aliphatic rings. The van der Waals surface area contributed by atoms with Gasteiger partial charge >= 0.3 is 6.18 Å². The quantitative estimate of drug-likeness (QED) is 0.552. The summed E-state index contributed by atoms with van der Waals surface area (Å²) in [5, 5.41) is 6.86. The van der Waals surface area contributed by atoms with E-state index in [0.717, 1.165) is 6.07 Å². The number of aromatic nitrogens is 5. The fourth-order valence-corrected chi connectivity index (χ4v) is 3.10. The molecule has 0 fully saturated rings. The molecule has 0 aliphatic carbocycles. The zero-order chi connectivity index (χ0) is 21.6. The second kappa shape index (κ2) is 6.94. The highest BCUT2D eigenvalue weighted by Gasteiger charge is 2.33. The summed E-state index contributed by atoms with van der Waals surface area (Å²) in [6.07, 6.45) is -1.42. The number of alkyl halides is 3. The molecule has 1 aromatic carbocycles. The number of carbonyl (C=O) groups is 1. The van der Waals surface area contributed by atoms with E-state index in [1.54, 1.807) is 49.1 Å². The van der Waals surface area contributed by atoms with Crippen molar-refractivity contribution in [1.82, 2.24) is 29.5 Å². The normalized spacial score (nSPS) is 13.0. The van der Waals surface area contributed by atoms with E-state index in [1.807, 2.05) is 0 Å². The van der Waals surface area contributed by atoms with Gasteiger partial charge in [0.15, 0.2) is 5.69 Å². The number of hydrogen-bond acceptors (Lipinski definition) is 6. The summed E-state index contributed by atoms with van der Waals surface area (Å²) in [5.74, 6) is -0.0121. The summed E-state index contributed by atoms with van der Waals surface area (Å²) in [6, 6.07) is 6.42. The SMILES string of the molecule is C[C@H](c1ccc(C(F)(F)F)nn1)N(C)C(=O)c1ccc2nc(N)c3cncn3c2c1. The third kappa shape index (κ3) is 3.27. The lowest BCUT2D eigenvalue weighted by Crippen LogP contribution is -2.30. The first-order valence-corrected chi connectivity index (χ1v) is 8.86. The number of halogens is 3. The van der Waals surface area contributed by atoms with Crippen molar-refractivity contribution in [3.63, 3.8) is 0 Å². The Hall–Kier alpha value is -3.76. The number of benzene rings is 1. The van der Waals surface area contributed by atoms with Crippen LogP contribution in [0.15, 0.2) is 42.9 Å². The molecular weight excluding hydrogens is 399 g/mol. The van der Waals surface area contributed by atoms with Crippen LogP contribution in [0, 0.1) is 0 Å². The Morgan fingerprint density at radius 3 is 2.60 bits per heavy atom. The van der Waals surface area contributed by atoms with Gasteiger partial charge in [0, 0.05) is 12.6 Å². The van der Waals surface area contributed by atoms with Gasteiger partial charge in [-0.15, -0.1) is 5.10 Å². The summed E-state index contributed by atoms with van der Waals surface area (Å²) in [6.45, 7) is 1.66. The van der Waals surface area contributed by atoms with Crippen LogP contribution in [0.1, 0.15) is 34.7 Å². The van der Waals surface area contributed by atoms with Crippen molar-refractivity contribution in [2.24, 2.45) is 0 Å². The lowest BCUT2D eigenvalue weighted by Gasteiger charge is -2.24. The van der Waals surface area contributed by atoms with E-state index in [2.05, 4.69) is 20.2 Å². The minimum Gasteiger partial charge on any atom is -0.382 e. The number of nitrogen functional groups attached to an aromatic ring is 1. The molecule has 0 aliphatic heterocycles. The monoisotopic (exact) mass is 415 g/mol. The minimum atomic E-state index is -4.57. The summed E-state index contributed by atoms with van der Waals surface area (Å²) >= 11 is 0. The van der Waals surface area contributed by atoms with Crippen LogP contribution in [0.2, 0.25) is 0 Å². The number of nitrogens with zero attached hydrogens (tertiary/aromatic N) is 6. The fourth-order valence-electron chi connectivity index (χ4n) is 3.10. The molecule has 1 atom stereocenters. The highest BCUT2D eigenvalue weighted by Crippen LogP contribution is 2.28. The molecule has 3 heterocycles. The number of rotatable bonds is 3. The van der Waals surface area contributed by atoms with Crippen molar-refractivity contribution < 1.29 is 18.0 Å². The Morgan fingerprint density at radius 1 is 1.17 bits per heavy atom. The molecule has 0 unspecified atom stereocenters. The second-order valence-corrected chi connectivity index (χ2v) is 6.78. The van der Waals surface area contributed by atoms with E-state index in [-0.39, 0.29) is 11.6 Å². The molecule has 8 nitrogen and oxygen atoms in total. The van der Waals surface area contributed by atoms with Crippen LogP contribution in [0.3, 0.4) is 0 Å². The largest absolute Gasteiger partial charge is 0.435 e. The molecule has 0 bridgehead atoms. The van der Waals surface area contributed by atoms with E-state index in [0.29, 0.717) is 27.9 Å². The molecular formula is C19H16F3N7O. The summed E-state index contributed by atoms with van der Waals surface area (Å²) < 4.78 is 39.8. The second-order valence-electron chi connectivity index (χ2n) is 6.78. The molecule has 154 valence electrons. The average molecular weight is 415 g/mol. The molecule has 0 saturated heterocycles. The third-order valence-corrected chi connectivity index (χ3v) is 4.93. The van der Waals surface area contributed by atoms with Gasteiger partial charge in [-0.05, 0) is 37.3 Å². The molecule has 0 spiro atoms.